The number of carbonyl (C=O) groups is 2. The lowest BCUT2D eigenvalue weighted by molar-refractivity contribution is -0.123. The van der Waals surface area contributed by atoms with E-state index in [-0.39, 0.29) is 11.8 Å². The Kier molecular flexibility index (Phi) is 8.54. The van der Waals surface area contributed by atoms with E-state index in [0.29, 0.717) is 24.5 Å². The summed E-state index contributed by atoms with van der Waals surface area (Å²) in [5.74, 6) is 0.693. The van der Waals surface area contributed by atoms with E-state index in [1.807, 2.05) is 25.1 Å². The Morgan fingerprint density at radius 1 is 1.07 bits per heavy atom. The summed E-state index contributed by atoms with van der Waals surface area (Å²) in [5, 5.41) is 5.89. The van der Waals surface area contributed by atoms with Crippen LogP contribution in [0.15, 0.2) is 18.2 Å². The predicted molar refractivity (Wildman–Crippen MR) is 107 cm³/mol. The van der Waals surface area contributed by atoms with Crippen molar-refractivity contribution in [2.45, 2.75) is 26.7 Å². The number of rotatable bonds is 9. The van der Waals surface area contributed by atoms with E-state index in [4.69, 9.17) is 4.74 Å². The molecule has 0 unspecified atom stereocenters. The Morgan fingerprint density at radius 2 is 1.70 bits per heavy atom. The largest absolute Gasteiger partial charge is 0.495 e. The number of ether oxygens (including phenoxy) is 1. The molecule has 0 aromatic heterocycles. The van der Waals surface area contributed by atoms with E-state index in [9.17, 15) is 9.59 Å². The van der Waals surface area contributed by atoms with Crippen molar-refractivity contribution in [3.63, 3.8) is 0 Å². The third-order valence-electron chi connectivity index (χ3n) is 4.68. The summed E-state index contributed by atoms with van der Waals surface area (Å²) in [6.45, 7) is 8.75. The predicted octanol–water partition coefficient (Wildman–Crippen LogP) is 1.48. The summed E-state index contributed by atoms with van der Waals surface area (Å²) in [4.78, 5) is 28.5. The highest BCUT2D eigenvalue weighted by atomic mass is 16.5. The van der Waals surface area contributed by atoms with Crippen LogP contribution in [-0.4, -0.2) is 74.5 Å². The van der Waals surface area contributed by atoms with Crippen LogP contribution in [0.3, 0.4) is 0 Å². The lowest BCUT2D eigenvalue weighted by Crippen LogP contribution is -2.51. The number of amides is 2. The molecule has 1 aliphatic heterocycles. The minimum Gasteiger partial charge on any atom is -0.495 e. The molecule has 27 heavy (non-hydrogen) atoms. The van der Waals surface area contributed by atoms with Crippen molar-refractivity contribution in [1.82, 2.24) is 15.1 Å². The van der Waals surface area contributed by atoms with Gasteiger partial charge in [-0.2, -0.15) is 0 Å². The second-order valence-electron chi connectivity index (χ2n) is 7.01. The van der Waals surface area contributed by atoms with Gasteiger partial charge in [0, 0.05) is 32.7 Å². The van der Waals surface area contributed by atoms with Gasteiger partial charge >= 0.3 is 0 Å². The number of piperazine rings is 1. The van der Waals surface area contributed by atoms with Gasteiger partial charge in [0.05, 0.1) is 25.9 Å². The summed E-state index contributed by atoms with van der Waals surface area (Å²) in [6, 6.07) is 5.72. The van der Waals surface area contributed by atoms with E-state index < -0.39 is 0 Å². The summed E-state index contributed by atoms with van der Waals surface area (Å²) < 4.78 is 5.30. The van der Waals surface area contributed by atoms with E-state index in [1.54, 1.807) is 7.11 Å². The number of anilines is 1. The van der Waals surface area contributed by atoms with Gasteiger partial charge in [-0.25, -0.2) is 0 Å². The Labute approximate surface area is 162 Å². The summed E-state index contributed by atoms with van der Waals surface area (Å²) in [7, 11) is 1.60. The highest BCUT2D eigenvalue weighted by Gasteiger charge is 2.21. The van der Waals surface area contributed by atoms with Gasteiger partial charge in [-0.3, -0.25) is 19.4 Å². The number of hydrogen-bond acceptors (Lipinski definition) is 5. The number of benzene rings is 1. The number of nitrogens with one attached hydrogen (secondary N) is 2. The fraction of sp³-hybridized carbons (Fsp3) is 0.600. The van der Waals surface area contributed by atoms with Crippen LogP contribution in [0.2, 0.25) is 0 Å². The van der Waals surface area contributed by atoms with Crippen molar-refractivity contribution in [3.8, 4) is 5.75 Å². The van der Waals surface area contributed by atoms with Crippen molar-refractivity contribution in [2.75, 3.05) is 58.2 Å². The van der Waals surface area contributed by atoms with E-state index in [2.05, 4.69) is 27.4 Å². The van der Waals surface area contributed by atoms with Crippen LogP contribution in [0.5, 0.6) is 5.75 Å². The molecule has 0 aliphatic carbocycles. The fourth-order valence-electron chi connectivity index (χ4n) is 3.08. The molecule has 0 atom stereocenters. The van der Waals surface area contributed by atoms with Crippen molar-refractivity contribution in [2.24, 2.45) is 0 Å². The summed E-state index contributed by atoms with van der Waals surface area (Å²) >= 11 is 0. The monoisotopic (exact) mass is 376 g/mol. The molecule has 0 radical (unpaired) electrons. The summed E-state index contributed by atoms with van der Waals surface area (Å²) in [5.41, 5.74) is 1.77. The molecule has 1 aromatic rings. The number of carbonyl (C=O) groups excluding carboxylic acids is 2. The van der Waals surface area contributed by atoms with Crippen LogP contribution in [0.1, 0.15) is 25.3 Å². The average Bonchev–Trinajstić information content (AvgIpc) is 2.64. The van der Waals surface area contributed by atoms with Gasteiger partial charge in [-0.05, 0) is 31.0 Å². The third-order valence-corrected chi connectivity index (χ3v) is 4.68. The van der Waals surface area contributed by atoms with Crippen LogP contribution < -0.4 is 15.4 Å². The highest BCUT2D eigenvalue weighted by molar-refractivity contribution is 5.93. The number of methoxy groups -OCH3 is 1. The maximum Gasteiger partial charge on any atom is 0.238 e. The Bertz CT molecular complexity index is 628. The number of unbranched alkanes of at least 4 members (excludes halogenated alkanes) is 1. The molecule has 150 valence electrons. The van der Waals surface area contributed by atoms with Gasteiger partial charge in [0.2, 0.25) is 11.8 Å². The van der Waals surface area contributed by atoms with Gasteiger partial charge in [-0.1, -0.05) is 19.4 Å². The normalized spacial score (nSPS) is 15.4. The molecule has 2 N–H and O–H groups in total. The number of nitrogens with zero attached hydrogens (tertiary/aromatic N) is 2. The van der Waals surface area contributed by atoms with Gasteiger partial charge in [0.1, 0.15) is 5.75 Å². The van der Waals surface area contributed by atoms with Crippen LogP contribution in [0, 0.1) is 6.92 Å². The zero-order chi connectivity index (χ0) is 19.6. The summed E-state index contributed by atoms with van der Waals surface area (Å²) in [6.07, 6.45) is 2.09. The second kappa shape index (κ2) is 10.9. The smallest absolute Gasteiger partial charge is 0.238 e. The molecule has 7 nitrogen and oxygen atoms in total. The molecular weight excluding hydrogens is 344 g/mol. The molecule has 2 rings (SSSR count). The van der Waals surface area contributed by atoms with Gasteiger partial charge in [-0.15, -0.1) is 0 Å². The van der Waals surface area contributed by atoms with E-state index >= 15 is 0 Å². The molecule has 0 bridgehead atoms. The van der Waals surface area contributed by atoms with E-state index in [0.717, 1.165) is 51.1 Å². The Morgan fingerprint density at radius 3 is 2.30 bits per heavy atom. The molecule has 1 heterocycles. The highest BCUT2D eigenvalue weighted by Crippen LogP contribution is 2.25. The van der Waals surface area contributed by atoms with Gasteiger partial charge in [0.15, 0.2) is 0 Å². The molecule has 1 aliphatic rings. The standard InChI is InChI=1S/C20H32N4O3/c1-4-5-8-21-19(25)14-23-9-11-24(12-10-23)15-20(26)22-17-13-16(2)6-7-18(17)27-3/h6-7,13H,4-5,8-12,14-15H2,1-3H3,(H,21,25)(H,22,26). The average molecular weight is 377 g/mol. The lowest BCUT2D eigenvalue weighted by atomic mass is 10.2. The first-order valence-electron chi connectivity index (χ1n) is 9.67. The Hall–Kier alpha value is -2.12. The van der Waals surface area contributed by atoms with Crippen LogP contribution in [-0.2, 0) is 9.59 Å². The minimum atomic E-state index is -0.0512. The van der Waals surface area contributed by atoms with E-state index in [1.165, 1.54) is 0 Å². The molecule has 0 spiro atoms. The van der Waals surface area contributed by atoms with Crippen LogP contribution in [0.25, 0.3) is 0 Å². The third kappa shape index (κ3) is 7.19. The number of hydrogen-bond donors (Lipinski definition) is 2. The first kappa shape index (κ1) is 21.2. The molecule has 2 amide bonds. The molecule has 7 heteroatoms. The lowest BCUT2D eigenvalue weighted by Gasteiger charge is -2.33. The first-order chi connectivity index (χ1) is 13.0. The van der Waals surface area contributed by atoms with Crippen molar-refractivity contribution >= 4 is 17.5 Å². The van der Waals surface area contributed by atoms with Crippen molar-refractivity contribution < 1.29 is 14.3 Å². The van der Waals surface area contributed by atoms with Gasteiger partial charge in [0.25, 0.3) is 0 Å². The maximum absolute atomic E-state index is 12.4. The zero-order valence-corrected chi connectivity index (χ0v) is 16.7. The van der Waals surface area contributed by atoms with Crippen molar-refractivity contribution in [1.29, 1.82) is 0 Å². The fourth-order valence-corrected chi connectivity index (χ4v) is 3.08. The Balaban J connectivity index is 1.73. The maximum atomic E-state index is 12.4. The molecule has 1 saturated heterocycles. The molecular formula is C20H32N4O3. The van der Waals surface area contributed by atoms with Crippen LogP contribution >= 0.6 is 0 Å². The first-order valence-corrected chi connectivity index (χ1v) is 9.67. The minimum absolute atomic E-state index is 0.0512. The SMILES string of the molecule is CCCCNC(=O)CN1CCN(CC(=O)Nc2cc(C)ccc2OC)CC1. The topological polar surface area (TPSA) is 73.9 Å². The molecule has 1 fully saturated rings. The quantitative estimate of drug-likeness (QED) is 0.639. The number of aryl methyl sites for hydroxylation is 1. The molecule has 1 aromatic carbocycles. The van der Waals surface area contributed by atoms with Gasteiger partial charge < -0.3 is 15.4 Å². The second-order valence-corrected chi connectivity index (χ2v) is 7.01. The zero-order valence-electron chi connectivity index (χ0n) is 16.7. The van der Waals surface area contributed by atoms with Crippen LogP contribution in [0.4, 0.5) is 5.69 Å². The van der Waals surface area contributed by atoms with Crippen molar-refractivity contribution in [3.05, 3.63) is 23.8 Å². The molecule has 0 saturated carbocycles.